The summed E-state index contributed by atoms with van der Waals surface area (Å²) in [5.74, 6) is -0.416. The quantitative estimate of drug-likeness (QED) is 0.870. The second-order valence-corrected chi connectivity index (χ2v) is 4.61. The number of hydrogen-bond acceptors (Lipinski definition) is 1. The van der Waals surface area contributed by atoms with Gasteiger partial charge in [-0.1, -0.05) is 30.3 Å². The number of likely N-dealkylation sites (N-methyl/N-ethyl adjacent to an activating group) is 1. The lowest BCUT2D eigenvalue weighted by atomic mass is 9.99. The summed E-state index contributed by atoms with van der Waals surface area (Å²) in [5, 5.41) is 3.18. The van der Waals surface area contributed by atoms with Crippen LogP contribution >= 0.6 is 0 Å². The van der Waals surface area contributed by atoms with E-state index < -0.39 is 0 Å². The van der Waals surface area contributed by atoms with Crippen LogP contribution in [0.15, 0.2) is 48.5 Å². The monoisotopic (exact) mass is 261 g/mol. The van der Waals surface area contributed by atoms with Crippen LogP contribution in [0.2, 0.25) is 0 Å². The van der Waals surface area contributed by atoms with Gasteiger partial charge in [0.15, 0.2) is 0 Å². The van der Waals surface area contributed by atoms with E-state index in [1.54, 1.807) is 24.3 Å². The molecule has 0 bridgehead atoms. The molecule has 2 aromatic rings. The molecule has 0 saturated heterocycles. The Kier molecular flexibility index (Phi) is 4.63. The third-order valence-corrected chi connectivity index (χ3v) is 3.23. The normalized spacial score (nSPS) is 12.4. The van der Waals surface area contributed by atoms with Crippen molar-refractivity contribution in [2.45, 2.75) is 18.9 Å². The summed E-state index contributed by atoms with van der Waals surface area (Å²) in [6.45, 7) is 0. The van der Waals surface area contributed by atoms with Gasteiger partial charge in [-0.15, -0.1) is 0 Å². The number of nitrogens with one attached hydrogen (secondary N) is 1. The molecule has 2 aromatic carbocycles. The number of halogens is 2. The van der Waals surface area contributed by atoms with Crippen LogP contribution in [-0.4, -0.2) is 13.1 Å². The highest BCUT2D eigenvalue weighted by molar-refractivity contribution is 5.21. The van der Waals surface area contributed by atoms with Gasteiger partial charge in [-0.25, -0.2) is 8.78 Å². The molecular formula is C16H17F2N. The summed E-state index contributed by atoms with van der Waals surface area (Å²) < 4.78 is 26.4. The van der Waals surface area contributed by atoms with E-state index in [0.717, 1.165) is 12.0 Å². The van der Waals surface area contributed by atoms with Gasteiger partial charge < -0.3 is 5.32 Å². The first-order chi connectivity index (χ1) is 9.19. The van der Waals surface area contributed by atoms with E-state index in [2.05, 4.69) is 5.32 Å². The van der Waals surface area contributed by atoms with Gasteiger partial charge in [0, 0.05) is 6.04 Å². The lowest BCUT2D eigenvalue weighted by Crippen LogP contribution is -2.30. The Morgan fingerprint density at radius 1 is 0.947 bits per heavy atom. The molecule has 1 unspecified atom stereocenters. The first-order valence-corrected chi connectivity index (χ1v) is 6.34. The molecule has 0 fully saturated rings. The maximum absolute atomic E-state index is 13.6. The molecule has 2 rings (SSSR count). The maximum atomic E-state index is 13.6. The Hall–Kier alpha value is -1.74. The van der Waals surface area contributed by atoms with Gasteiger partial charge >= 0.3 is 0 Å². The van der Waals surface area contributed by atoms with Gasteiger partial charge in [0.2, 0.25) is 0 Å². The SMILES string of the molecule is CNC(Cc1ccc(F)cc1)Cc1ccccc1F. The summed E-state index contributed by atoms with van der Waals surface area (Å²) >= 11 is 0. The molecule has 1 atom stereocenters. The minimum absolute atomic E-state index is 0.127. The predicted octanol–water partition coefficient (Wildman–Crippen LogP) is 3.34. The first kappa shape index (κ1) is 13.7. The van der Waals surface area contributed by atoms with Crippen LogP contribution in [0.1, 0.15) is 11.1 Å². The van der Waals surface area contributed by atoms with Crippen LogP contribution in [0.3, 0.4) is 0 Å². The van der Waals surface area contributed by atoms with Crippen molar-refractivity contribution in [3.63, 3.8) is 0 Å². The number of benzene rings is 2. The highest BCUT2D eigenvalue weighted by Gasteiger charge is 2.11. The third-order valence-electron chi connectivity index (χ3n) is 3.23. The van der Waals surface area contributed by atoms with Crippen molar-refractivity contribution >= 4 is 0 Å². The van der Waals surface area contributed by atoms with Crippen molar-refractivity contribution in [2.75, 3.05) is 7.05 Å². The standard InChI is InChI=1S/C16H17F2N/c1-19-15(10-12-6-8-14(17)9-7-12)11-13-4-2-3-5-16(13)18/h2-9,15,19H,10-11H2,1H3. The zero-order valence-electron chi connectivity index (χ0n) is 10.9. The average Bonchev–Trinajstić information content (AvgIpc) is 2.43. The Morgan fingerprint density at radius 2 is 1.63 bits per heavy atom. The van der Waals surface area contributed by atoms with Crippen LogP contribution in [0.5, 0.6) is 0 Å². The molecule has 0 aliphatic heterocycles. The Morgan fingerprint density at radius 3 is 2.26 bits per heavy atom. The van der Waals surface area contributed by atoms with E-state index in [1.165, 1.54) is 18.2 Å². The molecule has 19 heavy (non-hydrogen) atoms. The van der Waals surface area contributed by atoms with E-state index in [4.69, 9.17) is 0 Å². The van der Waals surface area contributed by atoms with Crippen molar-refractivity contribution in [3.05, 3.63) is 71.3 Å². The van der Waals surface area contributed by atoms with E-state index in [9.17, 15) is 8.78 Å². The van der Waals surface area contributed by atoms with Crippen molar-refractivity contribution in [1.82, 2.24) is 5.32 Å². The van der Waals surface area contributed by atoms with Gasteiger partial charge in [0.1, 0.15) is 11.6 Å². The van der Waals surface area contributed by atoms with Gasteiger partial charge in [-0.3, -0.25) is 0 Å². The fourth-order valence-corrected chi connectivity index (χ4v) is 2.11. The largest absolute Gasteiger partial charge is 0.316 e. The summed E-state index contributed by atoms with van der Waals surface area (Å²) in [6, 6.07) is 13.3. The zero-order chi connectivity index (χ0) is 13.7. The lowest BCUT2D eigenvalue weighted by Gasteiger charge is -2.16. The van der Waals surface area contributed by atoms with Crippen molar-refractivity contribution in [3.8, 4) is 0 Å². The van der Waals surface area contributed by atoms with Crippen LogP contribution in [0.4, 0.5) is 8.78 Å². The molecule has 100 valence electrons. The minimum atomic E-state index is -0.237. The van der Waals surface area contributed by atoms with Crippen LogP contribution in [0, 0.1) is 11.6 Å². The second-order valence-electron chi connectivity index (χ2n) is 4.61. The van der Waals surface area contributed by atoms with Gasteiger partial charge in [-0.05, 0) is 49.2 Å². The number of rotatable bonds is 5. The van der Waals surface area contributed by atoms with Gasteiger partial charge in [-0.2, -0.15) is 0 Å². The third kappa shape index (κ3) is 3.86. The van der Waals surface area contributed by atoms with Crippen LogP contribution < -0.4 is 5.32 Å². The van der Waals surface area contributed by atoms with Crippen LogP contribution in [-0.2, 0) is 12.8 Å². The predicted molar refractivity (Wildman–Crippen MR) is 73.1 cm³/mol. The molecular weight excluding hydrogens is 244 g/mol. The molecule has 0 amide bonds. The fourth-order valence-electron chi connectivity index (χ4n) is 2.11. The summed E-state index contributed by atoms with van der Waals surface area (Å²) in [7, 11) is 1.86. The van der Waals surface area contributed by atoms with E-state index in [-0.39, 0.29) is 17.7 Å². The Labute approximate surface area is 112 Å². The maximum Gasteiger partial charge on any atom is 0.126 e. The molecule has 0 radical (unpaired) electrons. The molecule has 0 spiro atoms. The molecule has 1 N–H and O–H groups in total. The molecule has 0 aliphatic rings. The molecule has 0 saturated carbocycles. The molecule has 0 heterocycles. The zero-order valence-corrected chi connectivity index (χ0v) is 10.9. The molecule has 1 nitrogen and oxygen atoms in total. The van der Waals surface area contributed by atoms with Crippen molar-refractivity contribution in [2.24, 2.45) is 0 Å². The fraction of sp³-hybridized carbons (Fsp3) is 0.250. The van der Waals surface area contributed by atoms with Gasteiger partial charge in [0.25, 0.3) is 0 Å². The lowest BCUT2D eigenvalue weighted by molar-refractivity contribution is 0.531. The van der Waals surface area contributed by atoms with E-state index in [0.29, 0.717) is 12.0 Å². The molecule has 0 aromatic heterocycles. The van der Waals surface area contributed by atoms with E-state index >= 15 is 0 Å². The summed E-state index contributed by atoms with van der Waals surface area (Å²) in [5.41, 5.74) is 1.74. The number of hydrogen-bond donors (Lipinski definition) is 1. The highest BCUT2D eigenvalue weighted by Crippen LogP contribution is 2.12. The van der Waals surface area contributed by atoms with E-state index in [1.807, 2.05) is 13.1 Å². The van der Waals surface area contributed by atoms with Crippen molar-refractivity contribution < 1.29 is 8.78 Å². The summed E-state index contributed by atoms with van der Waals surface area (Å²) in [4.78, 5) is 0. The Bertz CT molecular complexity index is 523. The van der Waals surface area contributed by atoms with Crippen LogP contribution in [0.25, 0.3) is 0 Å². The smallest absolute Gasteiger partial charge is 0.126 e. The second kappa shape index (κ2) is 6.43. The highest BCUT2D eigenvalue weighted by atomic mass is 19.1. The van der Waals surface area contributed by atoms with Gasteiger partial charge in [0.05, 0.1) is 0 Å². The Balaban J connectivity index is 2.05. The average molecular weight is 261 g/mol. The molecule has 0 aliphatic carbocycles. The van der Waals surface area contributed by atoms with Crippen molar-refractivity contribution in [1.29, 1.82) is 0 Å². The minimum Gasteiger partial charge on any atom is -0.316 e. The summed E-state index contributed by atoms with van der Waals surface area (Å²) in [6.07, 6.45) is 1.35. The topological polar surface area (TPSA) is 12.0 Å². The molecule has 3 heteroatoms. The first-order valence-electron chi connectivity index (χ1n) is 6.34.